The van der Waals surface area contributed by atoms with Crippen molar-refractivity contribution in [2.24, 2.45) is 0 Å². The van der Waals surface area contributed by atoms with E-state index in [1.165, 1.54) is 55.6 Å². The number of rotatable bonds is 14. The van der Waals surface area contributed by atoms with Gasteiger partial charge < -0.3 is 24.3 Å². The van der Waals surface area contributed by atoms with E-state index in [-0.39, 0.29) is 49.9 Å². The standard InChI is InChI=1S/C28H30N4O11S/c1-40-22-9-11-23(12-10-22)44(38,39)31(16-20-6-13-25-26(15-20)43-18-42-25)24(27(33)30-35)3-2-14-29-28(34)41-17-19-4-7-21(8-5-19)32(36)37/h4-13,15,24,35H,2-3,14,16-18H2,1H3,(H,29,34)(H,30,33)/t24-/m1/s1. The third kappa shape index (κ3) is 7.91. The number of amides is 2. The molecule has 1 aliphatic heterocycles. The van der Waals surface area contributed by atoms with Gasteiger partial charge in [-0.25, -0.2) is 18.7 Å². The molecule has 1 heterocycles. The van der Waals surface area contributed by atoms with E-state index in [4.69, 9.17) is 18.9 Å². The molecule has 3 aromatic rings. The number of alkyl carbamates (subject to hydrolysis) is 1. The van der Waals surface area contributed by atoms with Crippen LogP contribution in [0.5, 0.6) is 17.2 Å². The van der Waals surface area contributed by atoms with Crippen LogP contribution >= 0.6 is 0 Å². The molecule has 0 fully saturated rings. The minimum atomic E-state index is -4.31. The van der Waals surface area contributed by atoms with E-state index in [1.807, 2.05) is 0 Å². The van der Waals surface area contributed by atoms with Gasteiger partial charge in [0.25, 0.3) is 11.6 Å². The first-order valence-corrected chi connectivity index (χ1v) is 14.7. The average molecular weight is 631 g/mol. The topological polar surface area (TPSA) is 196 Å². The number of ether oxygens (including phenoxy) is 4. The first kappa shape index (κ1) is 32.0. The number of fused-ring (bicyclic) bond motifs is 1. The molecule has 2 amide bonds. The van der Waals surface area contributed by atoms with Gasteiger partial charge in [-0.3, -0.25) is 20.1 Å². The van der Waals surface area contributed by atoms with Crippen molar-refractivity contribution in [1.29, 1.82) is 0 Å². The molecule has 0 saturated heterocycles. The summed E-state index contributed by atoms with van der Waals surface area (Å²) < 4.78 is 49.7. The van der Waals surface area contributed by atoms with Crippen LogP contribution in [0.25, 0.3) is 0 Å². The van der Waals surface area contributed by atoms with E-state index in [9.17, 15) is 33.3 Å². The molecule has 3 N–H and O–H groups in total. The van der Waals surface area contributed by atoms with Gasteiger partial charge in [-0.1, -0.05) is 6.07 Å². The van der Waals surface area contributed by atoms with Crippen LogP contribution < -0.4 is 25.0 Å². The van der Waals surface area contributed by atoms with E-state index in [0.717, 1.165) is 4.31 Å². The van der Waals surface area contributed by atoms with E-state index in [0.29, 0.717) is 28.4 Å². The maximum absolute atomic E-state index is 13.9. The van der Waals surface area contributed by atoms with Crippen LogP contribution in [0.3, 0.4) is 0 Å². The second-order valence-electron chi connectivity index (χ2n) is 9.47. The molecule has 3 aromatic carbocycles. The number of carbonyl (C=O) groups excluding carboxylic acids is 2. The fourth-order valence-corrected chi connectivity index (χ4v) is 5.95. The van der Waals surface area contributed by atoms with Gasteiger partial charge >= 0.3 is 6.09 Å². The second-order valence-corrected chi connectivity index (χ2v) is 11.4. The molecule has 0 spiro atoms. The minimum Gasteiger partial charge on any atom is -0.497 e. The maximum Gasteiger partial charge on any atom is 0.407 e. The molecule has 15 nitrogen and oxygen atoms in total. The van der Waals surface area contributed by atoms with Crippen LogP contribution in [-0.2, 0) is 32.7 Å². The number of methoxy groups -OCH3 is 1. The van der Waals surface area contributed by atoms with E-state index in [2.05, 4.69) is 5.32 Å². The summed E-state index contributed by atoms with van der Waals surface area (Å²) in [5.74, 6) is 0.379. The lowest BCUT2D eigenvalue weighted by Gasteiger charge is -2.30. The summed E-state index contributed by atoms with van der Waals surface area (Å²) in [6.45, 7) is -0.364. The Labute approximate surface area is 252 Å². The molecule has 0 unspecified atom stereocenters. The molecule has 234 valence electrons. The first-order valence-electron chi connectivity index (χ1n) is 13.2. The minimum absolute atomic E-state index is 0.00868. The number of hydroxylamine groups is 1. The van der Waals surface area contributed by atoms with E-state index >= 15 is 0 Å². The van der Waals surface area contributed by atoms with Gasteiger partial charge in [-0.15, -0.1) is 0 Å². The summed E-state index contributed by atoms with van der Waals surface area (Å²) in [6, 6.07) is 14.6. The van der Waals surface area contributed by atoms with Gasteiger partial charge in [0.2, 0.25) is 16.8 Å². The summed E-state index contributed by atoms with van der Waals surface area (Å²) >= 11 is 0. The molecule has 0 radical (unpaired) electrons. The molecular formula is C28H30N4O11S. The lowest BCUT2D eigenvalue weighted by atomic mass is 10.1. The van der Waals surface area contributed by atoms with Crippen LogP contribution in [0.1, 0.15) is 24.0 Å². The molecule has 0 aromatic heterocycles. The molecule has 4 rings (SSSR count). The Hall–Kier alpha value is -4.93. The highest BCUT2D eigenvalue weighted by molar-refractivity contribution is 7.89. The normalized spacial score (nSPS) is 12.8. The number of non-ortho nitro benzene ring substituents is 1. The molecule has 0 aliphatic carbocycles. The van der Waals surface area contributed by atoms with E-state index < -0.39 is 33.0 Å². The lowest BCUT2D eigenvalue weighted by molar-refractivity contribution is -0.384. The number of hydrogen-bond donors (Lipinski definition) is 3. The van der Waals surface area contributed by atoms with Gasteiger partial charge in [-0.2, -0.15) is 4.31 Å². The summed E-state index contributed by atoms with van der Waals surface area (Å²) in [5, 5.41) is 22.8. The summed E-state index contributed by atoms with van der Waals surface area (Å²) in [7, 11) is -2.87. The van der Waals surface area contributed by atoms with Crippen molar-refractivity contribution in [3.8, 4) is 17.2 Å². The molecule has 16 heteroatoms. The molecule has 1 aliphatic rings. The van der Waals surface area contributed by atoms with Gasteiger partial charge in [0.05, 0.1) is 16.9 Å². The summed E-state index contributed by atoms with van der Waals surface area (Å²) in [5.41, 5.74) is 2.48. The number of sulfonamides is 1. The van der Waals surface area contributed by atoms with E-state index in [1.54, 1.807) is 23.7 Å². The Balaban J connectivity index is 1.46. The third-order valence-corrected chi connectivity index (χ3v) is 8.51. The van der Waals surface area contributed by atoms with Crippen molar-refractivity contribution >= 4 is 27.7 Å². The number of carbonyl (C=O) groups is 2. The van der Waals surface area contributed by atoms with Crippen molar-refractivity contribution in [2.75, 3.05) is 20.4 Å². The molecule has 1 atom stereocenters. The molecular weight excluding hydrogens is 600 g/mol. The smallest absolute Gasteiger partial charge is 0.407 e. The zero-order valence-corrected chi connectivity index (χ0v) is 24.3. The Bertz CT molecular complexity index is 1580. The van der Waals surface area contributed by atoms with Gasteiger partial charge in [0, 0.05) is 25.2 Å². The summed E-state index contributed by atoms with van der Waals surface area (Å²) in [4.78, 5) is 35.2. The van der Waals surface area contributed by atoms with Crippen molar-refractivity contribution in [3.63, 3.8) is 0 Å². The third-order valence-electron chi connectivity index (χ3n) is 6.64. The number of nitrogens with zero attached hydrogens (tertiary/aromatic N) is 2. The first-order chi connectivity index (χ1) is 21.1. The number of nitro benzene ring substituents is 1. The van der Waals surface area contributed by atoms with Gasteiger partial charge in [0.15, 0.2) is 11.5 Å². The molecule has 44 heavy (non-hydrogen) atoms. The Morgan fingerprint density at radius 1 is 1.05 bits per heavy atom. The lowest BCUT2D eigenvalue weighted by Crippen LogP contribution is -2.48. The summed E-state index contributed by atoms with van der Waals surface area (Å²) in [6.07, 6.45) is -0.746. The van der Waals surface area contributed by atoms with Crippen molar-refractivity contribution in [3.05, 3.63) is 88.0 Å². The Morgan fingerprint density at radius 2 is 1.73 bits per heavy atom. The maximum atomic E-state index is 13.9. The monoisotopic (exact) mass is 630 g/mol. The molecule has 0 saturated carbocycles. The highest BCUT2D eigenvalue weighted by atomic mass is 32.2. The zero-order chi connectivity index (χ0) is 31.7. The van der Waals surface area contributed by atoms with Crippen LogP contribution in [0.2, 0.25) is 0 Å². The van der Waals surface area contributed by atoms with Crippen molar-refractivity contribution < 1.29 is 47.1 Å². The fourth-order valence-electron chi connectivity index (χ4n) is 4.35. The Morgan fingerprint density at radius 3 is 2.39 bits per heavy atom. The highest BCUT2D eigenvalue weighted by Gasteiger charge is 2.36. The predicted octanol–water partition coefficient (Wildman–Crippen LogP) is 3.10. The van der Waals surface area contributed by atoms with Crippen LogP contribution in [0.15, 0.2) is 71.6 Å². The largest absolute Gasteiger partial charge is 0.497 e. The van der Waals surface area contributed by atoms with Crippen molar-refractivity contribution in [2.45, 2.75) is 36.9 Å². The number of benzene rings is 3. The quantitative estimate of drug-likeness (QED) is 0.102. The Kier molecular flexibility index (Phi) is 10.5. The number of hydrogen-bond acceptors (Lipinski definition) is 11. The van der Waals surface area contributed by atoms with Gasteiger partial charge in [0.1, 0.15) is 18.4 Å². The predicted molar refractivity (Wildman–Crippen MR) is 153 cm³/mol. The fraction of sp³-hybridized carbons (Fsp3) is 0.286. The van der Waals surface area contributed by atoms with Crippen LogP contribution in [-0.4, -0.2) is 61.3 Å². The molecule has 0 bridgehead atoms. The zero-order valence-electron chi connectivity index (χ0n) is 23.5. The van der Waals surface area contributed by atoms with Crippen LogP contribution in [0.4, 0.5) is 10.5 Å². The average Bonchev–Trinajstić information content (AvgIpc) is 3.51. The SMILES string of the molecule is COc1ccc(S(=O)(=O)N(Cc2ccc3c(c2)OCO3)[C@H](CCCNC(=O)OCc2ccc([N+](=O)[O-])cc2)C(=O)NO)cc1. The number of nitro groups is 1. The number of nitrogens with one attached hydrogen (secondary N) is 2. The second kappa shape index (κ2) is 14.5. The van der Waals surface area contributed by atoms with Crippen LogP contribution in [0, 0.1) is 10.1 Å². The highest BCUT2D eigenvalue weighted by Crippen LogP contribution is 2.34. The van der Waals surface area contributed by atoms with Crippen molar-refractivity contribution in [1.82, 2.24) is 15.1 Å². The van der Waals surface area contributed by atoms with Gasteiger partial charge in [-0.05, 0) is 72.5 Å².